The van der Waals surface area contributed by atoms with E-state index >= 15 is 0 Å². The quantitative estimate of drug-likeness (QED) is 0.405. The summed E-state index contributed by atoms with van der Waals surface area (Å²) in [6.07, 6.45) is 2.96. The van der Waals surface area contributed by atoms with Crippen molar-refractivity contribution in [3.63, 3.8) is 0 Å². The fourth-order valence-corrected chi connectivity index (χ4v) is 5.73. The Labute approximate surface area is 199 Å². The standard InChI is InChI=1S/C27H32FN3OS/c1-6-7-11-22-24(21-17-33-23-12-9-8-10-20(21)23)27(4,5)31(30-22)25(32)29-26(2,3)18-13-15-19(28)16-14-18/h8-10,12-17,24H,6-7,11H2,1-5H3,(H,29,32). The zero-order valence-corrected chi connectivity index (χ0v) is 20.8. The van der Waals surface area contributed by atoms with Crippen molar-refractivity contribution in [3.8, 4) is 0 Å². The minimum Gasteiger partial charge on any atom is -0.328 e. The van der Waals surface area contributed by atoms with Crippen molar-refractivity contribution < 1.29 is 9.18 Å². The van der Waals surface area contributed by atoms with Crippen LogP contribution in [0.4, 0.5) is 9.18 Å². The van der Waals surface area contributed by atoms with Gasteiger partial charge in [0.25, 0.3) is 0 Å². The SMILES string of the molecule is CCCCC1=NN(C(=O)NC(C)(C)c2ccc(F)cc2)C(C)(C)C1c1csc2ccccc12. The number of carbonyl (C=O) groups is 1. The molecule has 2 aromatic carbocycles. The van der Waals surface area contributed by atoms with Crippen LogP contribution in [-0.4, -0.2) is 22.3 Å². The van der Waals surface area contributed by atoms with Gasteiger partial charge in [0, 0.05) is 10.4 Å². The molecule has 0 aliphatic carbocycles. The van der Waals surface area contributed by atoms with Crippen molar-refractivity contribution in [2.45, 2.75) is 70.9 Å². The minimum absolute atomic E-state index is 0.0277. The zero-order chi connectivity index (χ0) is 23.8. The fourth-order valence-electron chi connectivity index (χ4n) is 4.75. The second kappa shape index (κ2) is 8.90. The first-order valence-corrected chi connectivity index (χ1v) is 12.4. The number of amides is 2. The second-order valence-electron chi connectivity index (χ2n) is 9.84. The lowest BCUT2D eigenvalue weighted by molar-refractivity contribution is 0.138. The van der Waals surface area contributed by atoms with Gasteiger partial charge in [-0.05, 0) is 80.6 Å². The molecule has 0 saturated heterocycles. The molecule has 0 saturated carbocycles. The number of nitrogens with one attached hydrogen (secondary N) is 1. The first-order valence-electron chi connectivity index (χ1n) is 11.6. The predicted molar refractivity (Wildman–Crippen MR) is 135 cm³/mol. The van der Waals surface area contributed by atoms with Gasteiger partial charge in [0.1, 0.15) is 5.82 Å². The van der Waals surface area contributed by atoms with E-state index in [1.807, 2.05) is 13.8 Å². The third kappa shape index (κ3) is 4.41. The van der Waals surface area contributed by atoms with Crippen molar-refractivity contribution in [2.24, 2.45) is 5.10 Å². The average Bonchev–Trinajstić information content (AvgIpc) is 3.29. The summed E-state index contributed by atoms with van der Waals surface area (Å²) in [6, 6.07) is 14.4. The monoisotopic (exact) mass is 465 g/mol. The van der Waals surface area contributed by atoms with Crippen LogP contribution in [0.5, 0.6) is 0 Å². The Morgan fingerprint density at radius 3 is 2.58 bits per heavy atom. The number of benzene rings is 2. The van der Waals surface area contributed by atoms with Crippen LogP contribution in [0.25, 0.3) is 10.1 Å². The Balaban J connectivity index is 1.67. The van der Waals surface area contributed by atoms with Crippen LogP contribution in [-0.2, 0) is 5.54 Å². The van der Waals surface area contributed by atoms with Gasteiger partial charge < -0.3 is 5.32 Å². The molecule has 33 heavy (non-hydrogen) atoms. The van der Waals surface area contributed by atoms with Gasteiger partial charge in [-0.15, -0.1) is 11.3 Å². The van der Waals surface area contributed by atoms with E-state index in [0.717, 1.165) is 30.5 Å². The summed E-state index contributed by atoms with van der Waals surface area (Å²) in [4.78, 5) is 13.6. The molecule has 174 valence electrons. The summed E-state index contributed by atoms with van der Waals surface area (Å²) in [6.45, 7) is 10.2. The van der Waals surface area contributed by atoms with Gasteiger partial charge in [0.15, 0.2) is 0 Å². The van der Waals surface area contributed by atoms with Gasteiger partial charge in [0.2, 0.25) is 0 Å². The molecule has 1 aliphatic heterocycles. The van der Waals surface area contributed by atoms with E-state index in [9.17, 15) is 9.18 Å². The third-order valence-electron chi connectivity index (χ3n) is 6.60. The first kappa shape index (κ1) is 23.4. The molecule has 1 atom stereocenters. The molecule has 4 nitrogen and oxygen atoms in total. The van der Waals surface area contributed by atoms with Gasteiger partial charge in [-0.3, -0.25) is 0 Å². The number of hydrogen-bond acceptors (Lipinski definition) is 3. The van der Waals surface area contributed by atoms with E-state index in [4.69, 9.17) is 5.10 Å². The molecular weight excluding hydrogens is 433 g/mol. The van der Waals surface area contributed by atoms with Gasteiger partial charge in [-0.1, -0.05) is 43.7 Å². The van der Waals surface area contributed by atoms with E-state index in [1.165, 1.54) is 27.8 Å². The number of carbonyl (C=O) groups excluding carboxylic acids is 1. The number of thiophene rings is 1. The Hall–Kier alpha value is -2.73. The predicted octanol–water partition coefficient (Wildman–Crippen LogP) is 7.41. The lowest BCUT2D eigenvalue weighted by Crippen LogP contribution is -2.53. The summed E-state index contributed by atoms with van der Waals surface area (Å²) in [5.74, 6) is -0.266. The molecule has 0 spiro atoms. The van der Waals surface area contributed by atoms with Gasteiger partial charge in [0.05, 0.1) is 17.0 Å². The molecule has 0 bridgehead atoms. The molecule has 0 fully saturated rings. The Morgan fingerprint density at radius 2 is 1.88 bits per heavy atom. The van der Waals surface area contributed by atoms with Gasteiger partial charge in [-0.2, -0.15) is 5.10 Å². The molecule has 0 radical (unpaired) electrons. The lowest BCUT2D eigenvalue weighted by atomic mass is 9.78. The van der Waals surface area contributed by atoms with Crippen molar-refractivity contribution in [1.82, 2.24) is 10.3 Å². The molecule has 2 heterocycles. The maximum Gasteiger partial charge on any atom is 0.339 e. The van der Waals surface area contributed by atoms with Crippen LogP contribution in [0.2, 0.25) is 0 Å². The number of nitrogens with zero attached hydrogens (tertiary/aromatic N) is 2. The molecule has 3 aromatic rings. The normalized spacial score (nSPS) is 17.9. The summed E-state index contributed by atoms with van der Waals surface area (Å²) in [5.41, 5.74) is 1.93. The highest BCUT2D eigenvalue weighted by molar-refractivity contribution is 7.17. The largest absolute Gasteiger partial charge is 0.339 e. The first-order chi connectivity index (χ1) is 15.6. The van der Waals surface area contributed by atoms with E-state index in [2.05, 4.69) is 55.7 Å². The topological polar surface area (TPSA) is 44.7 Å². The van der Waals surface area contributed by atoms with E-state index in [1.54, 1.807) is 28.5 Å². The Bertz CT molecular complexity index is 1180. The summed E-state index contributed by atoms with van der Waals surface area (Å²) in [5, 5.41) is 13.1. The average molecular weight is 466 g/mol. The molecule has 4 rings (SSSR count). The molecule has 6 heteroatoms. The number of hydrazone groups is 1. The van der Waals surface area contributed by atoms with Gasteiger partial charge in [-0.25, -0.2) is 14.2 Å². The van der Waals surface area contributed by atoms with E-state index in [0.29, 0.717) is 0 Å². The molecule has 1 unspecified atom stereocenters. The summed E-state index contributed by atoms with van der Waals surface area (Å²) in [7, 11) is 0. The second-order valence-corrected chi connectivity index (χ2v) is 10.8. The van der Waals surface area contributed by atoms with Crippen LogP contribution in [0, 0.1) is 5.82 Å². The van der Waals surface area contributed by atoms with Crippen LogP contribution in [0.15, 0.2) is 59.0 Å². The number of urea groups is 1. The molecule has 1 aliphatic rings. The summed E-state index contributed by atoms with van der Waals surface area (Å²) < 4.78 is 14.7. The number of fused-ring (bicyclic) bond motifs is 1. The van der Waals surface area contributed by atoms with E-state index < -0.39 is 11.1 Å². The Kier molecular flexibility index (Phi) is 6.32. The Morgan fingerprint density at radius 1 is 1.18 bits per heavy atom. The highest BCUT2D eigenvalue weighted by Crippen LogP contribution is 2.45. The maximum absolute atomic E-state index is 13.6. The number of rotatable bonds is 6. The molecule has 1 N–H and O–H groups in total. The van der Waals surface area contributed by atoms with Crippen molar-refractivity contribution in [1.29, 1.82) is 0 Å². The number of halogens is 1. The van der Waals surface area contributed by atoms with Crippen molar-refractivity contribution >= 4 is 33.2 Å². The minimum atomic E-state index is -0.673. The van der Waals surface area contributed by atoms with Crippen LogP contribution < -0.4 is 5.32 Å². The third-order valence-corrected chi connectivity index (χ3v) is 7.58. The van der Waals surface area contributed by atoms with Crippen LogP contribution >= 0.6 is 11.3 Å². The van der Waals surface area contributed by atoms with Crippen molar-refractivity contribution in [2.75, 3.05) is 0 Å². The van der Waals surface area contributed by atoms with Gasteiger partial charge >= 0.3 is 6.03 Å². The maximum atomic E-state index is 13.6. The molecular formula is C27H32FN3OS. The highest BCUT2D eigenvalue weighted by atomic mass is 32.1. The van der Waals surface area contributed by atoms with Crippen LogP contribution in [0.1, 0.15) is 70.9 Å². The van der Waals surface area contributed by atoms with Crippen molar-refractivity contribution in [3.05, 3.63) is 70.9 Å². The summed E-state index contributed by atoms with van der Waals surface area (Å²) >= 11 is 1.74. The zero-order valence-electron chi connectivity index (χ0n) is 20.0. The number of unbranched alkanes of at least 4 members (excludes halogenated alkanes) is 1. The highest BCUT2D eigenvalue weighted by Gasteiger charge is 2.48. The lowest BCUT2D eigenvalue weighted by Gasteiger charge is -2.37. The van der Waals surface area contributed by atoms with E-state index in [-0.39, 0.29) is 17.8 Å². The molecule has 2 amide bonds. The molecule has 1 aromatic heterocycles. The smallest absolute Gasteiger partial charge is 0.328 e. The number of hydrogen-bond donors (Lipinski definition) is 1. The van der Waals surface area contributed by atoms with Crippen LogP contribution in [0.3, 0.4) is 0 Å². The fraction of sp³-hybridized carbons (Fsp3) is 0.407.